The fraction of sp³-hybridized carbons (Fsp3) is 0.375. The van der Waals surface area contributed by atoms with E-state index in [1.54, 1.807) is 4.90 Å². The average Bonchev–Trinajstić information content (AvgIpc) is 2.85. The quantitative estimate of drug-likeness (QED) is 0.817. The van der Waals surface area contributed by atoms with Crippen LogP contribution in [0.25, 0.3) is 10.9 Å². The van der Waals surface area contributed by atoms with E-state index < -0.39 is 6.04 Å². The van der Waals surface area contributed by atoms with Gasteiger partial charge in [0.05, 0.1) is 13.2 Å². The molecular formula is C16H18N2O3. The molecule has 1 aromatic heterocycles. The number of hydrogen-bond donors (Lipinski definition) is 1. The molecule has 5 heteroatoms. The molecule has 2 aromatic rings. The summed E-state index contributed by atoms with van der Waals surface area (Å²) in [5, 5.41) is 1.11. The number of nitrogens with one attached hydrogen (secondary N) is 1. The standard InChI is InChI=1S/C16H18N2O3/c1-9-15-12(11-6-4-5-7-13(11)17-15)8-14(16(20)21-3)18(9)10(2)19/h4-7,9,14,17H,8H2,1-3H3/t9-,14-/m0/s1. The van der Waals surface area contributed by atoms with Crippen molar-refractivity contribution in [2.75, 3.05) is 7.11 Å². The van der Waals surface area contributed by atoms with Gasteiger partial charge in [-0.1, -0.05) is 18.2 Å². The minimum Gasteiger partial charge on any atom is -0.467 e. The molecular weight excluding hydrogens is 268 g/mol. The molecule has 2 heterocycles. The van der Waals surface area contributed by atoms with Gasteiger partial charge < -0.3 is 14.6 Å². The fourth-order valence-corrected chi connectivity index (χ4v) is 3.32. The summed E-state index contributed by atoms with van der Waals surface area (Å²) in [6, 6.07) is 7.25. The Hall–Kier alpha value is -2.30. The molecule has 1 aromatic carbocycles. The summed E-state index contributed by atoms with van der Waals surface area (Å²) in [5.41, 5.74) is 3.14. The lowest BCUT2D eigenvalue weighted by Gasteiger charge is -2.38. The van der Waals surface area contributed by atoms with Crippen molar-refractivity contribution >= 4 is 22.8 Å². The van der Waals surface area contributed by atoms with Crippen molar-refractivity contribution in [1.82, 2.24) is 9.88 Å². The van der Waals surface area contributed by atoms with Crippen LogP contribution in [0.3, 0.4) is 0 Å². The largest absolute Gasteiger partial charge is 0.467 e. The molecule has 0 saturated carbocycles. The van der Waals surface area contributed by atoms with Gasteiger partial charge in [0.1, 0.15) is 6.04 Å². The van der Waals surface area contributed by atoms with Crippen molar-refractivity contribution in [3.8, 4) is 0 Å². The van der Waals surface area contributed by atoms with Gasteiger partial charge in [-0.3, -0.25) is 4.79 Å². The van der Waals surface area contributed by atoms with Crippen LogP contribution in [-0.4, -0.2) is 34.9 Å². The summed E-state index contributed by atoms with van der Waals surface area (Å²) in [5.74, 6) is -0.491. The monoisotopic (exact) mass is 286 g/mol. The van der Waals surface area contributed by atoms with Crippen molar-refractivity contribution in [3.05, 3.63) is 35.5 Å². The highest BCUT2D eigenvalue weighted by molar-refractivity contribution is 5.89. The Morgan fingerprint density at radius 3 is 2.71 bits per heavy atom. The normalized spacial score (nSPS) is 21.2. The second-order valence-electron chi connectivity index (χ2n) is 5.41. The first-order valence-corrected chi connectivity index (χ1v) is 7.00. The van der Waals surface area contributed by atoms with E-state index in [2.05, 4.69) is 4.98 Å². The van der Waals surface area contributed by atoms with Gasteiger partial charge in [-0.15, -0.1) is 0 Å². The highest BCUT2D eigenvalue weighted by atomic mass is 16.5. The Bertz CT molecular complexity index is 719. The smallest absolute Gasteiger partial charge is 0.328 e. The first-order chi connectivity index (χ1) is 10.0. The number of aromatic nitrogens is 1. The van der Waals surface area contributed by atoms with Gasteiger partial charge >= 0.3 is 5.97 Å². The Morgan fingerprint density at radius 2 is 2.05 bits per heavy atom. The van der Waals surface area contributed by atoms with Crippen LogP contribution >= 0.6 is 0 Å². The van der Waals surface area contributed by atoms with Gasteiger partial charge in [0.15, 0.2) is 0 Å². The van der Waals surface area contributed by atoms with Crippen molar-refractivity contribution in [1.29, 1.82) is 0 Å². The van der Waals surface area contributed by atoms with Crippen molar-refractivity contribution in [2.45, 2.75) is 32.4 Å². The lowest BCUT2D eigenvalue weighted by atomic mass is 9.92. The van der Waals surface area contributed by atoms with Crippen LogP contribution in [0.4, 0.5) is 0 Å². The lowest BCUT2D eigenvalue weighted by molar-refractivity contribution is -0.154. The molecule has 0 fully saturated rings. The van der Waals surface area contributed by atoms with E-state index in [0.29, 0.717) is 6.42 Å². The van der Waals surface area contributed by atoms with Gasteiger partial charge in [-0.25, -0.2) is 4.79 Å². The SMILES string of the molecule is COC(=O)[C@@H]1Cc2c([nH]c3ccccc23)[C@H](C)N1C(C)=O. The molecule has 0 aliphatic carbocycles. The maximum atomic E-state index is 12.1. The molecule has 1 amide bonds. The number of carbonyl (C=O) groups excluding carboxylic acids is 2. The number of carbonyl (C=O) groups is 2. The summed E-state index contributed by atoms with van der Waals surface area (Å²) >= 11 is 0. The van der Waals surface area contributed by atoms with Crippen LogP contribution in [-0.2, 0) is 20.7 Å². The number of benzene rings is 1. The highest BCUT2D eigenvalue weighted by Gasteiger charge is 2.39. The third-order valence-electron chi connectivity index (χ3n) is 4.25. The molecule has 1 N–H and O–H groups in total. The Morgan fingerprint density at radius 1 is 1.33 bits per heavy atom. The Kier molecular flexibility index (Phi) is 3.20. The summed E-state index contributed by atoms with van der Waals surface area (Å²) in [6.45, 7) is 3.42. The van der Waals surface area contributed by atoms with Gasteiger partial charge in [-0.2, -0.15) is 0 Å². The van der Waals surface area contributed by atoms with Gasteiger partial charge in [0, 0.05) is 29.9 Å². The van der Waals surface area contributed by atoms with Crippen LogP contribution in [0, 0.1) is 0 Å². The maximum Gasteiger partial charge on any atom is 0.328 e. The van der Waals surface area contributed by atoms with Crippen LogP contribution in [0.1, 0.15) is 31.1 Å². The molecule has 1 aliphatic rings. The summed E-state index contributed by atoms with van der Waals surface area (Å²) < 4.78 is 4.88. The lowest BCUT2D eigenvalue weighted by Crippen LogP contribution is -2.50. The van der Waals surface area contributed by atoms with Crippen molar-refractivity contribution in [3.63, 3.8) is 0 Å². The number of ether oxygens (including phenoxy) is 1. The minimum atomic E-state index is -0.561. The third-order valence-corrected chi connectivity index (χ3v) is 4.25. The number of nitrogens with zero attached hydrogens (tertiary/aromatic N) is 1. The molecule has 0 radical (unpaired) electrons. The highest BCUT2D eigenvalue weighted by Crippen LogP contribution is 2.37. The number of hydrogen-bond acceptors (Lipinski definition) is 3. The summed E-state index contributed by atoms with van der Waals surface area (Å²) in [4.78, 5) is 29.0. The van der Waals surface area contributed by atoms with E-state index in [1.165, 1.54) is 14.0 Å². The molecule has 1 aliphatic heterocycles. The fourth-order valence-electron chi connectivity index (χ4n) is 3.32. The number of esters is 1. The molecule has 21 heavy (non-hydrogen) atoms. The van der Waals surface area contributed by atoms with E-state index in [-0.39, 0.29) is 17.9 Å². The number of rotatable bonds is 1. The summed E-state index contributed by atoms with van der Waals surface area (Å²) in [6.07, 6.45) is 0.482. The van der Waals surface area contributed by atoms with Crippen LogP contribution < -0.4 is 0 Å². The molecule has 2 atom stereocenters. The van der Waals surface area contributed by atoms with Crippen molar-refractivity contribution in [2.24, 2.45) is 0 Å². The number of aromatic amines is 1. The summed E-state index contributed by atoms with van der Waals surface area (Å²) in [7, 11) is 1.36. The number of para-hydroxylation sites is 1. The van der Waals surface area contributed by atoms with Crippen LogP contribution in [0.15, 0.2) is 24.3 Å². The minimum absolute atomic E-state index is 0.123. The zero-order chi connectivity index (χ0) is 15.1. The second kappa shape index (κ2) is 4.91. The van der Waals surface area contributed by atoms with Gasteiger partial charge in [-0.05, 0) is 18.6 Å². The van der Waals surface area contributed by atoms with Crippen LogP contribution in [0.2, 0.25) is 0 Å². The maximum absolute atomic E-state index is 12.1. The van der Waals surface area contributed by atoms with Crippen molar-refractivity contribution < 1.29 is 14.3 Å². The number of H-pyrrole nitrogens is 1. The predicted molar refractivity (Wildman–Crippen MR) is 78.7 cm³/mol. The average molecular weight is 286 g/mol. The first-order valence-electron chi connectivity index (χ1n) is 7.00. The molecule has 0 saturated heterocycles. The first kappa shape index (κ1) is 13.7. The topological polar surface area (TPSA) is 62.4 Å². The van der Waals surface area contributed by atoms with E-state index in [0.717, 1.165) is 22.2 Å². The van der Waals surface area contributed by atoms with E-state index in [4.69, 9.17) is 4.74 Å². The molecule has 110 valence electrons. The van der Waals surface area contributed by atoms with E-state index >= 15 is 0 Å². The van der Waals surface area contributed by atoms with Gasteiger partial charge in [0.2, 0.25) is 5.91 Å². The molecule has 0 spiro atoms. The van der Waals surface area contributed by atoms with Crippen LogP contribution in [0.5, 0.6) is 0 Å². The van der Waals surface area contributed by atoms with E-state index in [9.17, 15) is 9.59 Å². The Balaban J connectivity index is 2.16. The molecule has 5 nitrogen and oxygen atoms in total. The second-order valence-corrected chi connectivity index (χ2v) is 5.41. The zero-order valence-electron chi connectivity index (χ0n) is 12.3. The number of methoxy groups -OCH3 is 1. The molecule has 0 unspecified atom stereocenters. The van der Waals surface area contributed by atoms with E-state index in [1.807, 2.05) is 31.2 Å². The molecule has 3 rings (SSSR count). The zero-order valence-corrected chi connectivity index (χ0v) is 12.3. The number of fused-ring (bicyclic) bond motifs is 3. The predicted octanol–water partition coefficient (Wildman–Crippen LogP) is 2.18. The number of amides is 1. The van der Waals surface area contributed by atoms with Gasteiger partial charge in [0.25, 0.3) is 0 Å². The Labute approximate surface area is 122 Å². The third kappa shape index (κ3) is 2.00. The molecule has 0 bridgehead atoms.